The summed E-state index contributed by atoms with van der Waals surface area (Å²) < 4.78 is 18.9. The molecule has 1 aliphatic heterocycles. The van der Waals surface area contributed by atoms with Crippen molar-refractivity contribution < 1.29 is 23.5 Å². The second-order valence-corrected chi connectivity index (χ2v) is 7.42. The van der Waals surface area contributed by atoms with Gasteiger partial charge < -0.3 is 4.74 Å². The molecule has 1 heterocycles. The van der Waals surface area contributed by atoms with Crippen molar-refractivity contribution in [2.75, 3.05) is 0 Å². The number of halogens is 1. The van der Waals surface area contributed by atoms with E-state index in [0.717, 1.165) is 25.7 Å². The van der Waals surface area contributed by atoms with Gasteiger partial charge in [0.2, 0.25) is 0 Å². The Morgan fingerprint density at radius 1 is 1.07 bits per heavy atom. The van der Waals surface area contributed by atoms with E-state index in [9.17, 15) is 18.8 Å². The lowest BCUT2D eigenvalue weighted by molar-refractivity contribution is -0.131. The summed E-state index contributed by atoms with van der Waals surface area (Å²) in [7, 11) is 0. The number of rotatable bonds is 5. The van der Waals surface area contributed by atoms with Crippen molar-refractivity contribution in [2.24, 2.45) is 0 Å². The highest BCUT2D eigenvalue weighted by atomic mass is 19.1. The van der Waals surface area contributed by atoms with E-state index in [1.165, 1.54) is 23.1 Å². The predicted molar refractivity (Wildman–Crippen MR) is 108 cm³/mol. The zero-order valence-electron chi connectivity index (χ0n) is 16.3. The molecule has 1 aliphatic carbocycles. The van der Waals surface area contributed by atoms with Crippen molar-refractivity contribution in [1.29, 1.82) is 0 Å². The van der Waals surface area contributed by atoms with Crippen LogP contribution in [0.25, 0.3) is 6.08 Å². The van der Waals surface area contributed by atoms with Crippen LogP contribution in [-0.2, 0) is 16.2 Å². The maximum Gasteiger partial charge on any atom is 0.331 e. The Hall–Kier alpha value is -3.48. The van der Waals surface area contributed by atoms with E-state index in [1.54, 1.807) is 36.4 Å². The number of nitrogens with zero attached hydrogens (tertiary/aromatic N) is 1. The number of hydrogen-bond donors (Lipinski definition) is 1. The van der Waals surface area contributed by atoms with Crippen molar-refractivity contribution in [3.05, 3.63) is 71.0 Å². The van der Waals surface area contributed by atoms with Crippen molar-refractivity contribution >= 4 is 23.9 Å². The Morgan fingerprint density at radius 3 is 2.50 bits per heavy atom. The maximum atomic E-state index is 13.2. The molecule has 0 atom stereocenters. The Morgan fingerprint density at radius 2 is 1.80 bits per heavy atom. The number of imide groups is 2. The van der Waals surface area contributed by atoms with Crippen molar-refractivity contribution in [3.8, 4) is 5.75 Å². The van der Waals surface area contributed by atoms with Gasteiger partial charge in [-0.25, -0.2) is 9.18 Å². The number of carbonyl (C=O) groups excluding carboxylic acids is 3. The van der Waals surface area contributed by atoms with Gasteiger partial charge in [0.05, 0.1) is 0 Å². The molecule has 2 aromatic rings. The van der Waals surface area contributed by atoms with Gasteiger partial charge in [-0.05, 0) is 54.3 Å². The van der Waals surface area contributed by atoms with E-state index in [4.69, 9.17) is 4.74 Å². The topological polar surface area (TPSA) is 75.7 Å². The molecule has 30 heavy (non-hydrogen) atoms. The van der Waals surface area contributed by atoms with E-state index in [1.807, 2.05) is 0 Å². The van der Waals surface area contributed by atoms with Crippen LogP contribution in [0.1, 0.15) is 36.8 Å². The number of ether oxygens (including phenoxy) is 1. The normalized spacial score (nSPS) is 18.8. The summed E-state index contributed by atoms with van der Waals surface area (Å²) in [4.78, 5) is 38.4. The van der Waals surface area contributed by atoms with Gasteiger partial charge in [0.15, 0.2) is 0 Å². The van der Waals surface area contributed by atoms with Crippen LogP contribution in [0.4, 0.5) is 9.18 Å². The monoisotopic (exact) mass is 408 g/mol. The number of nitrogens with one attached hydrogen (secondary N) is 1. The molecule has 1 N–H and O–H groups in total. The summed E-state index contributed by atoms with van der Waals surface area (Å²) in [5, 5.41) is 2.27. The molecule has 0 radical (unpaired) electrons. The van der Waals surface area contributed by atoms with Crippen molar-refractivity contribution in [2.45, 2.75) is 38.3 Å². The van der Waals surface area contributed by atoms with Gasteiger partial charge in [-0.15, -0.1) is 0 Å². The van der Waals surface area contributed by atoms with Crippen LogP contribution in [0.5, 0.6) is 5.75 Å². The molecule has 2 aromatic carbocycles. The molecule has 0 spiro atoms. The molecule has 4 amide bonds. The summed E-state index contributed by atoms with van der Waals surface area (Å²) in [5.74, 6) is -0.991. The SMILES string of the molecule is O=C1NC(=O)N(C2CCCC2)C(=O)/C1=C/c1ccc(OCc2cccc(F)c2)cc1. The van der Waals surface area contributed by atoms with Crippen LogP contribution >= 0.6 is 0 Å². The number of barbiturate groups is 1. The Labute approximate surface area is 173 Å². The molecule has 7 heteroatoms. The molecule has 6 nitrogen and oxygen atoms in total. The standard InChI is InChI=1S/C23H21FN2O4/c24-17-5-3-4-16(12-17)14-30-19-10-8-15(9-11-19)13-20-21(27)25-23(29)26(22(20)28)18-6-1-2-7-18/h3-5,8-13,18H,1-2,6-7,14H2,(H,25,27,29)/b20-13+. The first-order chi connectivity index (χ1) is 14.5. The highest BCUT2D eigenvalue weighted by molar-refractivity contribution is 6.31. The highest BCUT2D eigenvalue weighted by Gasteiger charge is 2.40. The van der Waals surface area contributed by atoms with Crippen LogP contribution < -0.4 is 10.1 Å². The average Bonchev–Trinajstić information content (AvgIpc) is 3.25. The van der Waals surface area contributed by atoms with E-state index in [-0.39, 0.29) is 24.0 Å². The fourth-order valence-electron chi connectivity index (χ4n) is 3.79. The Kier molecular flexibility index (Phi) is 5.61. The third-order valence-electron chi connectivity index (χ3n) is 5.31. The molecular weight excluding hydrogens is 387 g/mol. The first-order valence-corrected chi connectivity index (χ1v) is 9.89. The molecule has 1 saturated carbocycles. The zero-order valence-corrected chi connectivity index (χ0v) is 16.3. The lowest BCUT2D eigenvalue weighted by atomic mass is 10.1. The first kappa shape index (κ1) is 19.8. The van der Waals surface area contributed by atoms with E-state index in [2.05, 4.69) is 5.32 Å². The summed E-state index contributed by atoms with van der Waals surface area (Å²) in [5.41, 5.74) is 1.28. The molecular formula is C23H21FN2O4. The number of hydrogen-bond acceptors (Lipinski definition) is 4. The van der Waals surface area contributed by atoms with Crippen LogP contribution in [0.3, 0.4) is 0 Å². The third kappa shape index (κ3) is 4.25. The van der Waals surface area contributed by atoms with Gasteiger partial charge in [0, 0.05) is 6.04 Å². The number of carbonyl (C=O) groups is 3. The minimum atomic E-state index is -0.689. The minimum absolute atomic E-state index is 0.0603. The minimum Gasteiger partial charge on any atom is -0.489 e. The first-order valence-electron chi connectivity index (χ1n) is 9.89. The van der Waals surface area contributed by atoms with Gasteiger partial charge in [-0.1, -0.05) is 37.1 Å². The third-order valence-corrected chi connectivity index (χ3v) is 5.31. The van der Waals surface area contributed by atoms with Crippen molar-refractivity contribution in [1.82, 2.24) is 10.2 Å². The smallest absolute Gasteiger partial charge is 0.331 e. The number of benzene rings is 2. The lowest BCUT2D eigenvalue weighted by Crippen LogP contribution is -2.57. The summed E-state index contributed by atoms with van der Waals surface area (Å²) in [6.45, 7) is 0.220. The van der Waals surface area contributed by atoms with E-state index >= 15 is 0 Å². The summed E-state index contributed by atoms with van der Waals surface area (Å²) >= 11 is 0. The summed E-state index contributed by atoms with van der Waals surface area (Å²) in [6, 6.07) is 12.2. The molecule has 0 aromatic heterocycles. The summed E-state index contributed by atoms with van der Waals surface area (Å²) in [6.07, 6.45) is 4.93. The zero-order chi connectivity index (χ0) is 21.1. The van der Waals surface area contributed by atoms with Crippen LogP contribution in [0.15, 0.2) is 54.1 Å². The second-order valence-electron chi connectivity index (χ2n) is 7.42. The van der Waals surface area contributed by atoms with Gasteiger partial charge >= 0.3 is 6.03 Å². The van der Waals surface area contributed by atoms with Gasteiger partial charge in [0.1, 0.15) is 23.7 Å². The number of urea groups is 1. The lowest BCUT2D eigenvalue weighted by Gasteiger charge is -2.31. The van der Waals surface area contributed by atoms with E-state index in [0.29, 0.717) is 16.9 Å². The maximum absolute atomic E-state index is 13.2. The largest absolute Gasteiger partial charge is 0.489 e. The highest BCUT2D eigenvalue weighted by Crippen LogP contribution is 2.27. The van der Waals surface area contributed by atoms with Gasteiger partial charge in [-0.3, -0.25) is 19.8 Å². The van der Waals surface area contributed by atoms with Crippen molar-refractivity contribution in [3.63, 3.8) is 0 Å². The second kappa shape index (κ2) is 8.49. The van der Waals surface area contributed by atoms with Gasteiger partial charge in [0.25, 0.3) is 11.8 Å². The van der Waals surface area contributed by atoms with Gasteiger partial charge in [-0.2, -0.15) is 0 Å². The molecule has 2 aliphatic rings. The van der Waals surface area contributed by atoms with Crippen LogP contribution in [0, 0.1) is 5.82 Å². The quantitative estimate of drug-likeness (QED) is 0.603. The fraction of sp³-hybridized carbons (Fsp3) is 0.261. The number of amides is 4. The van der Waals surface area contributed by atoms with E-state index < -0.39 is 17.8 Å². The fourth-order valence-corrected chi connectivity index (χ4v) is 3.79. The molecule has 0 unspecified atom stereocenters. The predicted octanol–water partition coefficient (Wildman–Crippen LogP) is 3.81. The molecule has 4 rings (SSSR count). The molecule has 2 fully saturated rings. The molecule has 154 valence electrons. The Bertz CT molecular complexity index is 1010. The van der Waals surface area contributed by atoms with Crippen LogP contribution in [0.2, 0.25) is 0 Å². The van der Waals surface area contributed by atoms with Crippen LogP contribution in [-0.4, -0.2) is 28.8 Å². The Balaban J connectivity index is 1.47. The average molecular weight is 408 g/mol. The molecule has 1 saturated heterocycles. The molecule has 0 bridgehead atoms.